The second kappa shape index (κ2) is 7.97. The highest BCUT2D eigenvalue weighted by Gasteiger charge is 2.16. The third kappa shape index (κ3) is 3.96. The summed E-state index contributed by atoms with van der Waals surface area (Å²) in [6.45, 7) is 1.18. The fraction of sp³-hybridized carbons (Fsp3) is 0.190. The first-order valence-corrected chi connectivity index (χ1v) is 8.96. The van der Waals surface area contributed by atoms with Crippen molar-refractivity contribution in [2.24, 2.45) is 0 Å². The van der Waals surface area contributed by atoms with Gasteiger partial charge in [-0.05, 0) is 12.1 Å². The van der Waals surface area contributed by atoms with Gasteiger partial charge in [0, 0.05) is 54.6 Å². The summed E-state index contributed by atoms with van der Waals surface area (Å²) in [4.78, 5) is 8.74. The summed E-state index contributed by atoms with van der Waals surface area (Å²) in [5.74, 6) is 0. The lowest BCUT2D eigenvalue weighted by molar-refractivity contribution is 0.155. The van der Waals surface area contributed by atoms with E-state index in [-0.39, 0.29) is 0 Å². The van der Waals surface area contributed by atoms with E-state index < -0.39 is 6.10 Å². The van der Waals surface area contributed by atoms with Crippen LogP contribution in [0.4, 0.5) is 0 Å². The number of aliphatic hydroxyl groups is 1. The standard InChI is InChI=1S/C21H21N5O/c27-20(18-8-4-10-22-14-18)15-25-16-23-21(17-6-2-1-3-7-17)19(25)9-13-26-12-5-11-24-26/h1-8,10-12,14,16,20,27H,9,13,15H2/t20-/m0/s1. The number of hydrogen-bond donors (Lipinski definition) is 1. The number of imidazole rings is 1. The smallest absolute Gasteiger partial charge is 0.0984 e. The quantitative estimate of drug-likeness (QED) is 0.550. The van der Waals surface area contributed by atoms with Crippen LogP contribution in [0.15, 0.2) is 79.6 Å². The van der Waals surface area contributed by atoms with Gasteiger partial charge in [-0.2, -0.15) is 5.10 Å². The lowest BCUT2D eigenvalue weighted by Gasteiger charge is -2.15. The maximum absolute atomic E-state index is 10.6. The average Bonchev–Trinajstić information content (AvgIpc) is 3.37. The first-order valence-electron chi connectivity index (χ1n) is 8.96. The largest absolute Gasteiger partial charge is 0.386 e. The molecule has 0 fully saturated rings. The van der Waals surface area contributed by atoms with Crippen LogP contribution in [-0.4, -0.2) is 29.4 Å². The summed E-state index contributed by atoms with van der Waals surface area (Å²) >= 11 is 0. The number of hydrogen-bond acceptors (Lipinski definition) is 4. The van der Waals surface area contributed by atoms with Gasteiger partial charge >= 0.3 is 0 Å². The molecule has 0 saturated heterocycles. The van der Waals surface area contributed by atoms with E-state index in [0.29, 0.717) is 6.54 Å². The molecule has 6 nitrogen and oxygen atoms in total. The van der Waals surface area contributed by atoms with Crippen LogP contribution in [-0.2, 0) is 19.5 Å². The number of benzene rings is 1. The van der Waals surface area contributed by atoms with Crippen LogP contribution < -0.4 is 0 Å². The first-order chi connectivity index (χ1) is 13.3. The van der Waals surface area contributed by atoms with Gasteiger partial charge in [0.15, 0.2) is 0 Å². The minimum Gasteiger partial charge on any atom is -0.386 e. The zero-order valence-electron chi connectivity index (χ0n) is 14.9. The molecule has 0 aliphatic heterocycles. The third-order valence-corrected chi connectivity index (χ3v) is 4.57. The molecule has 0 unspecified atom stereocenters. The molecule has 4 rings (SSSR count). The van der Waals surface area contributed by atoms with E-state index in [4.69, 9.17) is 0 Å². The Bertz CT molecular complexity index is 965. The number of aliphatic hydroxyl groups excluding tert-OH is 1. The molecule has 0 amide bonds. The Hall–Kier alpha value is -3.25. The summed E-state index contributed by atoms with van der Waals surface area (Å²) in [5, 5.41) is 14.9. The molecule has 0 saturated carbocycles. The zero-order valence-corrected chi connectivity index (χ0v) is 14.9. The average molecular weight is 359 g/mol. The molecule has 3 aromatic heterocycles. The summed E-state index contributed by atoms with van der Waals surface area (Å²) < 4.78 is 3.94. The van der Waals surface area contributed by atoms with Crippen LogP contribution in [0, 0.1) is 0 Å². The molecule has 27 heavy (non-hydrogen) atoms. The number of nitrogens with zero attached hydrogens (tertiary/aromatic N) is 5. The Morgan fingerprint density at radius 1 is 1.00 bits per heavy atom. The molecule has 0 spiro atoms. The zero-order chi connectivity index (χ0) is 18.5. The maximum atomic E-state index is 10.6. The normalized spacial score (nSPS) is 12.2. The number of pyridine rings is 1. The van der Waals surface area contributed by atoms with Gasteiger partial charge in [-0.15, -0.1) is 0 Å². The molecule has 0 aliphatic carbocycles. The highest BCUT2D eigenvalue weighted by atomic mass is 16.3. The first kappa shape index (κ1) is 17.2. The van der Waals surface area contributed by atoms with Gasteiger partial charge in [0.1, 0.15) is 0 Å². The Morgan fingerprint density at radius 2 is 1.89 bits per heavy atom. The van der Waals surface area contributed by atoms with Crippen molar-refractivity contribution in [3.05, 3.63) is 90.9 Å². The van der Waals surface area contributed by atoms with Crippen LogP contribution in [0.25, 0.3) is 11.3 Å². The van der Waals surface area contributed by atoms with Gasteiger partial charge in [0.25, 0.3) is 0 Å². The second-order valence-corrected chi connectivity index (χ2v) is 6.38. The lowest BCUT2D eigenvalue weighted by Crippen LogP contribution is -2.13. The summed E-state index contributed by atoms with van der Waals surface area (Å²) in [6, 6.07) is 15.8. The van der Waals surface area contributed by atoms with Crippen molar-refractivity contribution in [3.63, 3.8) is 0 Å². The van der Waals surface area contributed by atoms with Crippen LogP contribution in [0.1, 0.15) is 17.4 Å². The van der Waals surface area contributed by atoms with E-state index >= 15 is 0 Å². The molecule has 1 N–H and O–H groups in total. The molecule has 3 heterocycles. The Labute approximate surface area is 157 Å². The number of rotatable bonds is 7. The Kier molecular flexibility index (Phi) is 5.07. The van der Waals surface area contributed by atoms with Gasteiger partial charge in [-0.25, -0.2) is 4.98 Å². The van der Waals surface area contributed by atoms with E-state index in [1.807, 2.05) is 51.8 Å². The number of aromatic nitrogens is 5. The molecule has 1 aromatic carbocycles. The van der Waals surface area contributed by atoms with E-state index in [2.05, 4.69) is 27.2 Å². The van der Waals surface area contributed by atoms with E-state index in [1.54, 1.807) is 24.9 Å². The lowest BCUT2D eigenvalue weighted by atomic mass is 10.1. The van der Waals surface area contributed by atoms with Crippen molar-refractivity contribution >= 4 is 0 Å². The van der Waals surface area contributed by atoms with Crippen LogP contribution in [0.2, 0.25) is 0 Å². The van der Waals surface area contributed by atoms with Crippen LogP contribution >= 0.6 is 0 Å². The molecule has 1 atom stereocenters. The molecule has 136 valence electrons. The topological polar surface area (TPSA) is 68.8 Å². The van der Waals surface area contributed by atoms with Crippen molar-refractivity contribution in [3.8, 4) is 11.3 Å². The predicted molar refractivity (Wildman–Crippen MR) is 103 cm³/mol. The molecular formula is C21H21N5O. The highest BCUT2D eigenvalue weighted by Crippen LogP contribution is 2.25. The van der Waals surface area contributed by atoms with Gasteiger partial charge in [0.05, 0.1) is 24.7 Å². The highest BCUT2D eigenvalue weighted by molar-refractivity contribution is 5.61. The minimum absolute atomic E-state index is 0.431. The molecule has 0 aliphatic rings. The summed E-state index contributed by atoms with van der Waals surface area (Å²) in [6.07, 6.45) is 9.07. The molecule has 0 bridgehead atoms. The maximum Gasteiger partial charge on any atom is 0.0984 e. The van der Waals surface area contributed by atoms with E-state index in [9.17, 15) is 5.11 Å². The summed E-state index contributed by atoms with van der Waals surface area (Å²) in [5.41, 5.74) is 3.90. The molecule has 0 radical (unpaired) electrons. The van der Waals surface area contributed by atoms with Gasteiger partial charge < -0.3 is 9.67 Å². The molecular weight excluding hydrogens is 338 g/mol. The van der Waals surface area contributed by atoms with Crippen molar-refractivity contribution < 1.29 is 5.11 Å². The Balaban J connectivity index is 1.63. The van der Waals surface area contributed by atoms with Gasteiger partial charge in [-0.1, -0.05) is 36.4 Å². The van der Waals surface area contributed by atoms with Crippen LogP contribution in [0.3, 0.4) is 0 Å². The van der Waals surface area contributed by atoms with Gasteiger partial charge in [-0.3, -0.25) is 9.67 Å². The van der Waals surface area contributed by atoms with E-state index in [0.717, 1.165) is 35.5 Å². The Morgan fingerprint density at radius 3 is 2.63 bits per heavy atom. The third-order valence-electron chi connectivity index (χ3n) is 4.57. The monoisotopic (exact) mass is 359 g/mol. The van der Waals surface area contributed by atoms with Crippen LogP contribution in [0.5, 0.6) is 0 Å². The fourth-order valence-corrected chi connectivity index (χ4v) is 3.18. The van der Waals surface area contributed by atoms with Gasteiger partial charge in [0.2, 0.25) is 0 Å². The molecule has 4 aromatic rings. The fourth-order valence-electron chi connectivity index (χ4n) is 3.18. The van der Waals surface area contributed by atoms with Crippen molar-refractivity contribution in [2.45, 2.75) is 25.6 Å². The van der Waals surface area contributed by atoms with Crippen molar-refractivity contribution in [2.75, 3.05) is 0 Å². The van der Waals surface area contributed by atoms with Crippen molar-refractivity contribution in [1.82, 2.24) is 24.3 Å². The SMILES string of the molecule is O[C@@H](Cn1cnc(-c2ccccc2)c1CCn1cccn1)c1cccnc1. The summed E-state index contributed by atoms with van der Waals surface area (Å²) in [7, 11) is 0. The van der Waals surface area contributed by atoms with Crippen molar-refractivity contribution in [1.29, 1.82) is 0 Å². The molecule has 6 heteroatoms. The predicted octanol–water partition coefficient (Wildman–Crippen LogP) is 3.12. The number of aryl methyl sites for hydroxylation is 1. The minimum atomic E-state index is -0.639. The second-order valence-electron chi connectivity index (χ2n) is 6.38. The van der Waals surface area contributed by atoms with E-state index in [1.165, 1.54) is 0 Å².